The van der Waals surface area contributed by atoms with Gasteiger partial charge in [0.1, 0.15) is 11.5 Å². The van der Waals surface area contributed by atoms with Crippen LogP contribution in [-0.2, 0) is 9.13 Å². The van der Waals surface area contributed by atoms with Gasteiger partial charge in [-0.3, -0.25) is 9.13 Å². The first kappa shape index (κ1) is 18.1. The molecule has 0 spiro atoms. The summed E-state index contributed by atoms with van der Waals surface area (Å²) in [5.74, 6) is -0.335. The molecule has 7 N–H and O–H groups in total. The highest BCUT2D eigenvalue weighted by Gasteiger charge is 2.62. The zero-order chi connectivity index (χ0) is 16.3. The number of benzene rings is 1. The van der Waals surface area contributed by atoms with Gasteiger partial charge in [-0.25, -0.2) is 0 Å². The van der Waals surface area contributed by atoms with Gasteiger partial charge in [-0.2, -0.15) is 0 Å². The second kappa shape index (κ2) is 6.46. The Morgan fingerprint density at radius 2 is 1.52 bits per heavy atom. The zero-order valence-corrected chi connectivity index (χ0v) is 12.7. The van der Waals surface area contributed by atoms with Crippen LogP contribution in [0.5, 0.6) is 11.5 Å². The lowest BCUT2D eigenvalue weighted by molar-refractivity contribution is 0.143. The van der Waals surface area contributed by atoms with Crippen LogP contribution < -0.4 is 10.5 Å². The molecule has 0 saturated carbocycles. The molecule has 0 atom stereocenters. The van der Waals surface area contributed by atoms with E-state index in [0.29, 0.717) is 0 Å². The average molecular weight is 341 g/mol. The van der Waals surface area contributed by atoms with Gasteiger partial charge in [0, 0.05) is 6.42 Å². The first-order valence-corrected chi connectivity index (χ1v) is 9.05. The summed E-state index contributed by atoms with van der Waals surface area (Å²) in [6, 6.07) is 4.58. The van der Waals surface area contributed by atoms with Crippen molar-refractivity contribution in [2.24, 2.45) is 5.73 Å². The van der Waals surface area contributed by atoms with Crippen LogP contribution in [0.25, 0.3) is 0 Å². The molecule has 0 unspecified atom stereocenters. The maximum Gasteiger partial charge on any atom is 0.381 e. The Hall–Kier alpha value is -0.920. The van der Waals surface area contributed by atoms with Crippen molar-refractivity contribution in [3.05, 3.63) is 24.3 Å². The van der Waals surface area contributed by atoms with Crippen molar-refractivity contribution in [3.63, 3.8) is 0 Å². The molecule has 0 radical (unpaired) electrons. The SMILES string of the molecule is NCCCC(Oc1ccc(O)cc1)(P(=O)(O)O)P(=O)(O)O. The standard InChI is InChI=1S/C10H17NO8P2/c11-7-1-6-10(20(13,14)15,21(16,17)18)19-9-4-2-8(12)3-5-9/h2-5,12H,1,6-7,11H2,(H2,13,14,15)(H2,16,17,18). The molecule has 1 aromatic rings. The molecule has 120 valence electrons. The Kier molecular flexibility index (Phi) is 5.57. The molecule has 0 aliphatic rings. The minimum Gasteiger partial charge on any atom is -0.508 e. The third-order valence-corrected chi connectivity index (χ3v) is 6.75. The third kappa shape index (κ3) is 4.05. The van der Waals surface area contributed by atoms with Gasteiger partial charge in [-0.05, 0) is 37.2 Å². The first-order valence-electron chi connectivity index (χ1n) is 5.83. The van der Waals surface area contributed by atoms with Crippen LogP contribution in [-0.4, -0.2) is 36.3 Å². The van der Waals surface area contributed by atoms with Crippen LogP contribution in [0.4, 0.5) is 0 Å². The molecule has 0 aliphatic heterocycles. The molecule has 0 heterocycles. The highest BCUT2D eigenvalue weighted by atomic mass is 31.2. The largest absolute Gasteiger partial charge is 0.508 e. The quantitative estimate of drug-likeness (QED) is 0.387. The molecular weight excluding hydrogens is 324 g/mol. The van der Waals surface area contributed by atoms with E-state index in [-0.39, 0.29) is 24.5 Å². The number of phenolic OH excluding ortho intramolecular Hbond substituents is 1. The molecule has 21 heavy (non-hydrogen) atoms. The van der Waals surface area contributed by atoms with Crippen LogP contribution in [0.15, 0.2) is 24.3 Å². The van der Waals surface area contributed by atoms with E-state index in [1.165, 1.54) is 0 Å². The lowest BCUT2D eigenvalue weighted by Crippen LogP contribution is -2.36. The predicted molar refractivity (Wildman–Crippen MR) is 73.8 cm³/mol. The number of nitrogens with two attached hydrogens (primary N) is 1. The van der Waals surface area contributed by atoms with Crippen molar-refractivity contribution in [3.8, 4) is 11.5 Å². The normalized spacial score (nSPS) is 13.2. The lowest BCUT2D eigenvalue weighted by atomic mass is 10.3. The van der Waals surface area contributed by atoms with Gasteiger partial charge in [0.05, 0.1) is 0 Å². The van der Waals surface area contributed by atoms with Gasteiger partial charge in [0.15, 0.2) is 0 Å². The third-order valence-electron chi connectivity index (χ3n) is 2.73. The van der Waals surface area contributed by atoms with Crippen LogP contribution >= 0.6 is 15.2 Å². The molecule has 9 nitrogen and oxygen atoms in total. The zero-order valence-electron chi connectivity index (χ0n) is 10.9. The van der Waals surface area contributed by atoms with E-state index in [4.69, 9.17) is 15.6 Å². The van der Waals surface area contributed by atoms with Crippen LogP contribution in [0.3, 0.4) is 0 Å². The fourth-order valence-electron chi connectivity index (χ4n) is 1.67. The fourth-order valence-corrected chi connectivity index (χ4v) is 4.37. The van der Waals surface area contributed by atoms with Crippen molar-refractivity contribution < 1.29 is 38.5 Å². The van der Waals surface area contributed by atoms with Gasteiger partial charge >= 0.3 is 20.3 Å². The van der Waals surface area contributed by atoms with Crippen LogP contribution in [0, 0.1) is 0 Å². The summed E-state index contributed by atoms with van der Waals surface area (Å²) in [5.41, 5.74) is 5.24. The van der Waals surface area contributed by atoms with E-state index in [1.807, 2.05) is 0 Å². The monoisotopic (exact) mass is 341 g/mol. The highest BCUT2D eigenvalue weighted by molar-refractivity contribution is 7.72. The Morgan fingerprint density at radius 1 is 1.05 bits per heavy atom. The number of hydrogen-bond donors (Lipinski definition) is 6. The molecule has 11 heteroatoms. The number of phenols is 1. The molecular formula is C10H17NO8P2. The highest BCUT2D eigenvalue weighted by Crippen LogP contribution is 2.71. The van der Waals surface area contributed by atoms with Crippen molar-refractivity contribution >= 4 is 15.2 Å². The summed E-state index contributed by atoms with van der Waals surface area (Å²) >= 11 is 0. The maximum absolute atomic E-state index is 11.7. The van der Waals surface area contributed by atoms with Crippen LogP contribution in [0.2, 0.25) is 0 Å². The van der Waals surface area contributed by atoms with E-state index < -0.39 is 26.7 Å². The first-order chi connectivity index (χ1) is 9.53. The maximum atomic E-state index is 11.7. The van der Waals surface area contributed by atoms with Gasteiger partial charge in [0.2, 0.25) is 0 Å². The van der Waals surface area contributed by atoms with E-state index in [1.54, 1.807) is 0 Å². The van der Waals surface area contributed by atoms with E-state index >= 15 is 0 Å². The molecule has 0 fully saturated rings. The average Bonchev–Trinajstić information content (AvgIpc) is 2.33. The second-order valence-electron chi connectivity index (χ2n) is 4.32. The Balaban J connectivity index is 3.31. The summed E-state index contributed by atoms with van der Waals surface area (Å²) in [7, 11) is -10.7. The van der Waals surface area contributed by atoms with Gasteiger partial charge in [0.25, 0.3) is 0 Å². The molecule has 0 saturated heterocycles. The van der Waals surface area contributed by atoms with Crippen molar-refractivity contribution in [2.75, 3.05) is 6.54 Å². The second-order valence-corrected chi connectivity index (χ2v) is 8.29. The molecule has 1 aromatic carbocycles. The minimum atomic E-state index is -5.34. The summed E-state index contributed by atoms with van der Waals surface area (Å²) in [6.07, 6.45) is -0.687. The number of ether oxygens (including phenoxy) is 1. The van der Waals surface area contributed by atoms with E-state index in [2.05, 4.69) is 0 Å². The smallest absolute Gasteiger partial charge is 0.381 e. The van der Waals surface area contributed by atoms with Gasteiger partial charge in [-0.1, -0.05) is 0 Å². The Labute approximate surface area is 120 Å². The number of aromatic hydroxyl groups is 1. The van der Waals surface area contributed by atoms with E-state index in [0.717, 1.165) is 24.3 Å². The number of hydrogen-bond acceptors (Lipinski definition) is 5. The summed E-state index contributed by atoms with van der Waals surface area (Å²) in [6.45, 7) is -0.0271. The van der Waals surface area contributed by atoms with E-state index in [9.17, 15) is 28.7 Å². The lowest BCUT2D eigenvalue weighted by Gasteiger charge is -2.34. The number of rotatable bonds is 7. The minimum absolute atomic E-state index is 0.0271. The van der Waals surface area contributed by atoms with Gasteiger partial charge < -0.3 is 35.2 Å². The Morgan fingerprint density at radius 3 is 1.90 bits per heavy atom. The molecule has 0 aliphatic carbocycles. The predicted octanol–water partition coefficient (Wildman–Crippen LogP) is 0.519. The Bertz CT molecular complexity index is 541. The molecule has 1 rings (SSSR count). The topological polar surface area (TPSA) is 171 Å². The fraction of sp³-hybridized carbons (Fsp3) is 0.400. The van der Waals surface area contributed by atoms with Crippen LogP contribution in [0.1, 0.15) is 12.8 Å². The van der Waals surface area contributed by atoms with Crippen molar-refractivity contribution in [1.82, 2.24) is 0 Å². The van der Waals surface area contributed by atoms with Gasteiger partial charge in [-0.15, -0.1) is 0 Å². The summed E-state index contributed by atoms with van der Waals surface area (Å²) in [5, 5.41) is 6.13. The molecule has 0 aromatic heterocycles. The summed E-state index contributed by atoms with van der Waals surface area (Å²) in [4.78, 5) is 37.6. The van der Waals surface area contributed by atoms with Crippen molar-refractivity contribution in [2.45, 2.75) is 17.9 Å². The van der Waals surface area contributed by atoms with Crippen molar-refractivity contribution in [1.29, 1.82) is 0 Å². The molecule has 0 amide bonds. The summed E-state index contributed by atoms with van der Waals surface area (Å²) < 4.78 is 28.3. The molecule has 0 bridgehead atoms.